The Hall–Kier alpha value is -2.90. The normalized spacial score (nSPS) is 19.4. The maximum Gasteiger partial charge on any atom is 0.418 e. The van der Waals surface area contributed by atoms with Crippen LogP contribution in [0, 0.1) is 5.92 Å². The molecule has 33 heavy (non-hydrogen) atoms. The molecule has 1 aliphatic rings. The van der Waals surface area contributed by atoms with E-state index < -0.39 is 40.8 Å². The molecule has 174 valence electrons. The van der Waals surface area contributed by atoms with E-state index in [0.717, 1.165) is 7.11 Å². The first kappa shape index (κ1) is 24.7. The highest BCUT2D eigenvalue weighted by molar-refractivity contribution is 6.42. The summed E-state index contributed by atoms with van der Waals surface area (Å²) in [6, 6.07) is 12.3. The van der Waals surface area contributed by atoms with Gasteiger partial charge >= 0.3 is 12.1 Å². The standard InChI is InChI=1S/C24H23Cl2NO6/c1-23(2,3)33-22(31)27(20(29)14-8-6-5-7-9-14)24(21(30)32-4)13-16(24)19(28)15-10-11-17(25)18(26)12-15/h5-12,16H,13H2,1-4H3. The molecule has 0 radical (unpaired) electrons. The summed E-state index contributed by atoms with van der Waals surface area (Å²) in [5.41, 5.74) is -2.47. The van der Waals surface area contributed by atoms with E-state index in [1.54, 1.807) is 39.0 Å². The first-order valence-electron chi connectivity index (χ1n) is 10.1. The quantitative estimate of drug-likeness (QED) is 0.422. The monoisotopic (exact) mass is 491 g/mol. The first-order chi connectivity index (χ1) is 15.4. The van der Waals surface area contributed by atoms with Gasteiger partial charge in [0, 0.05) is 11.1 Å². The van der Waals surface area contributed by atoms with Crippen LogP contribution in [0.2, 0.25) is 10.0 Å². The predicted molar refractivity (Wildman–Crippen MR) is 122 cm³/mol. The number of amides is 2. The van der Waals surface area contributed by atoms with E-state index in [-0.39, 0.29) is 27.6 Å². The largest absolute Gasteiger partial charge is 0.467 e. The second-order valence-electron chi connectivity index (χ2n) is 8.65. The van der Waals surface area contributed by atoms with Crippen LogP contribution in [0.15, 0.2) is 48.5 Å². The second-order valence-corrected chi connectivity index (χ2v) is 9.47. The number of ether oxygens (including phenoxy) is 2. The summed E-state index contributed by atoms with van der Waals surface area (Å²) < 4.78 is 10.4. The van der Waals surface area contributed by atoms with Crippen LogP contribution >= 0.6 is 23.2 Å². The third kappa shape index (κ3) is 4.89. The maximum absolute atomic E-state index is 13.5. The highest BCUT2D eigenvalue weighted by atomic mass is 35.5. The van der Waals surface area contributed by atoms with Crippen molar-refractivity contribution >= 4 is 47.0 Å². The fourth-order valence-corrected chi connectivity index (χ4v) is 3.90. The van der Waals surface area contributed by atoms with Crippen molar-refractivity contribution in [3.05, 3.63) is 69.7 Å². The van der Waals surface area contributed by atoms with E-state index in [0.29, 0.717) is 4.90 Å². The van der Waals surface area contributed by atoms with Crippen LogP contribution in [-0.4, -0.2) is 46.9 Å². The van der Waals surface area contributed by atoms with Crippen LogP contribution in [0.1, 0.15) is 47.9 Å². The number of halogens is 2. The number of benzene rings is 2. The summed E-state index contributed by atoms with van der Waals surface area (Å²) in [5, 5.41) is 0.425. The molecule has 2 aromatic rings. The Balaban J connectivity index is 2.08. The van der Waals surface area contributed by atoms with Crippen molar-refractivity contribution in [2.45, 2.75) is 38.3 Å². The summed E-state index contributed by atoms with van der Waals surface area (Å²) in [4.78, 5) is 53.6. The molecule has 2 amide bonds. The average molecular weight is 492 g/mol. The third-order valence-electron chi connectivity index (χ3n) is 5.19. The molecule has 9 heteroatoms. The molecule has 0 heterocycles. The summed E-state index contributed by atoms with van der Waals surface area (Å²) in [6.07, 6.45) is -1.16. The molecule has 2 atom stereocenters. The highest BCUT2D eigenvalue weighted by Gasteiger charge is 2.71. The van der Waals surface area contributed by atoms with Gasteiger partial charge in [0.1, 0.15) is 5.60 Å². The predicted octanol–water partition coefficient (Wildman–Crippen LogP) is 5.19. The number of hydrogen-bond donors (Lipinski definition) is 0. The second kappa shape index (κ2) is 9.15. The van der Waals surface area contributed by atoms with Gasteiger partial charge in [-0.2, -0.15) is 0 Å². The summed E-state index contributed by atoms with van der Waals surface area (Å²) in [6.45, 7) is 4.89. The van der Waals surface area contributed by atoms with Crippen molar-refractivity contribution in [2.75, 3.05) is 7.11 Å². The van der Waals surface area contributed by atoms with Crippen molar-refractivity contribution in [2.24, 2.45) is 5.92 Å². The van der Waals surface area contributed by atoms with Crippen LogP contribution in [0.3, 0.4) is 0 Å². The fraction of sp³-hybridized carbons (Fsp3) is 0.333. The van der Waals surface area contributed by atoms with Gasteiger partial charge in [0.2, 0.25) is 0 Å². The molecule has 0 bridgehead atoms. The lowest BCUT2D eigenvalue weighted by Gasteiger charge is -2.31. The van der Waals surface area contributed by atoms with Gasteiger partial charge in [0.05, 0.1) is 23.1 Å². The Labute approximate surface area is 201 Å². The Morgan fingerprint density at radius 2 is 1.61 bits per heavy atom. The van der Waals surface area contributed by atoms with Crippen molar-refractivity contribution in [3.63, 3.8) is 0 Å². The Morgan fingerprint density at radius 3 is 2.15 bits per heavy atom. The lowest BCUT2D eigenvalue weighted by molar-refractivity contribution is -0.148. The zero-order valence-electron chi connectivity index (χ0n) is 18.6. The zero-order valence-corrected chi connectivity index (χ0v) is 20.1. The highest BCUT2D eigenvalue weighted by Crippen LogP contribution is 2.52. The lowest BCUT2D eigenvalue weighted by atomic mass is 10.0. The smallest absolute Gasteiger partial charge is 0.418 e. The Morgan fingerprint density at radius 1 is 0.970 bits per heavy atom. The van der Waals surface area contributed by atoms with Gasteiger partial charge in [0.25, 0.3) is 5.91 Å². The number of methoxy groups -OCH3 is 1. The van der Waals surface area contributed by atoms with Gasteiger partial charge < -0.3 is 9.47 Å². The van der Waals surface area contributed by atoms with Gasteiger partial charge in [-0.15, -0.1) is 0 Å². The van der Waals surface area contributed by atoms with Crippen LogP contribution in [-0.2, 0) is 14.3 Å². The average Bonchev–Trinajstić information content (AvgIpc) is 3.50. The summed E-state index contributed by atoms with van der Waals surface area (Å²) in [5.74, 6) is -3.19. The molecule has 1 fully saturated rings. The van der Waals surface area contributed by atoms with E-state index in [4.69, 9.17) is 32.7 Å². The summed E-state index contributed by atoms with van der Waals surface area (Å²) >= 11 is 12.0. The van der Waals surface area contributed by atoms with Gasteiger partial charge in [-0.05, 0) is 57.5 Å². The Bertz CT molecular complexity index is 1110. The molecule has 0 N–H and O–H groups in total. The molecule has 0 aromatic heterocycles. The molecule has 1 aliphatic carbocycles. The number of ketones is 1. The third-order valence-corrected chi connectivity index (χ3v) is 5.93. The topological polar surface area (TPSA) is 90.0 Å². The Kier molecular flexibility index (Phi) is 6.86. The van der Waals surface area contributed by atoms with Gasteiger partial charge in [-0.25, -0.2) is 14.5 Å². The van der Waals surface area contributed by atoms with Gasteiger partial charge in [-0.1, -0.05) is 41.4 Å². The van der Waals surface area contributed by atoms with Crippen LogP contribution in [0.4, 0.5) is 4.79 Å². The van der Waals surface area contributed by atoms with E-state index >= 15 is 0 Å². The van der Waals surface area contributed by atoms with E-state index in [9.17, 15) is 19.2 Å². The number of esters is 1. The first-order valence-corrected chi connectivity index (χ1v) is 10.9. The van der Waals surface area contributed by atoms with Crippen molar-refractivity contribution in [1.82, 2.24) is 4.90 Å². The van der Waals surface area contributed by atoms with Gasteiger partial charge in [-0.3, -0.25) is 9.59 Å². The molecule has 7 nitrogen and oxygen atoms in total. The molecular formula is C24H23Cl2NO6. The lowest BCUT2D eigenvalue weighted by Crippen LogP contribution is -2.54. The molecule has 2 aromatic carbocycles. The molecular weight excluding hydrogens is 469 g/mol. The van der Waals surface area contributed by atoms with Crippen molar-refractivity contribution < 1.29 is 28.7 Å². The summed E-state index contributed by atoms with van der Waals surface area (Å²) in [7, 11) is 1.13. The van der Waals surface area contributed by atoms with E-state index in [2.05, 4.69) is 0 Å². The number of carbonyl (C=O) groups is 4. The minimum absolute atomic E-state index is 0.115. The molecule has 0 aliphatic heterocycles. The molecule has 1 saturated carbocycles. The van der Waals surface area contributed by atoms with Gasteiger partial charge in [0.15, 0.2) is 11.3 Å². The SMILES string of the molecule is COC(=O)C1(N(C(=O)OC(C)(C)C)C(=O)c2ccccc2)CC1C(=O)c1ccc(Cl)c(Cl)c1. The van der Waals surface area contributed by atoms with E-state index in [1.807, 2.05) is 0 Å². The molecule has 0 saturated heterocycles. The number of carbonyl (C=O) groups excluding carboxylic acids is 4. The minimum Gasteiger partial charge on any atom is -0.467 e. The number of nitrogens with zero attached hydrogens (tertiary/aromatic N) is 1. The molecule has 0 spiro atoms. The number of rotatable bonds is 5. The van der Waals surface area contributed by atoms with Crippen molar-refractivity contribution in [1.29, 1.82) is 0 Å². The number of hydrogen-bond acceptors (Lipinski definition) is 6. The van der Waals surface area contributed by atoms with Crippen LogP contribution in [0.5, 0.6) is 0 Å². The zero-order chi connectivity index (χ0) is 24.6. The molecule has 3 rings (SSSR count). The number of Topliss-reactive ketones (excluding diaryl/α,β-unsaturated/α-hetero) is 1. The van der Waals surface area contributed by atoms with E-state index in [1.165, 1.54) is 30.3 Å². The maximum atomic E-state index is 13.5. The van der Waals surface area contributed by atoms with Crippen molar-refractivity contribution in [3.8, 4) is 0 Å². The fourth-order valence-electron chi connectivity index (χ4n) is 3.60. The molecule has 2 unspecified atom stereocenters. The number of imide groups is 1. The van der Waals surface area contributed by atoms with Crippen LogP contribution < -0.4 is 0 Å². The minimum atomic E-state index is -1.85. The van der Waals surface area contributed by atoms with Crippen LogP contribution in [0.25, 0.3) is 0 Å².